The predicted octanol–water partition coefficient (Wildman–Crippen LogP) is 4.70. The molecule has 2 aromatic rings. The Kier molecular flexibility index (Phi) is 8.06. The van der Waals surface area contributed by atoms with E-state index in [4.69, 9.17) is 9.84 Å². The molecule has 7 heteroatoms. The Bertz CT molecular complexity index is 1020. The third kappa shape index (κ3) is 6.02. The van der Waals surface area contributed by atoms with Gasteiger partial charge in [0.2, 0.25) is 5.91 Å². The van der Waals surface area contributed by atoms with Crippen LogP contribution in [0.4, 0.5) is 4.79 Å². The fourth-order valence-electron chi connectivity index (χ4n) is 5.30. The molecule has 2 aromatic carbocycles. The molecule has 0 radical (unpaired) electrons. The fourth-order valence-corrected chi connectivity index (χ4v) is 5.30. The number of carboxylic acids is 1. The lowest BCUT2D eigenvalue weighted by Gasteiger charge is -2.31. The van der Waals surface area contributed by atoms with E-state index in [-0.39, 0.29) is 30.4 Å². The van der Waals surface area contributed by atoms with Crippen LogP contribution in [0.2, 0.25) is 0 Å². The summed E-state index contributed by atoms with van der Waals surface area (Å²) in [5.41, 5.74) is 4.72. The summed E-state index contributed by atoms with van der Waals surface area (Å²) in [7, 11) is 0. The number of aliphatic carboxylic acids is 1. The summed E-state index contributed by atoms with van der Waals surface area (Å²) in [5.74, 6) is -1.41. The van der Waals surface area contributed by atoms with E-state index in [0.717, 1.165) is 25.7 Å². The molecule has 2 aliphatic rings. The summed E-state index contributed by atoms with van der Waals surface area (Å²) in [5, 5.41) is 14.8. The summed E-state index contributed by atoms with van der Waals surface area (Å²) in [4.78, 5) is 36.1. The zero-order valence-electron chi connectivity index (χ0n) is 20.2. The van der Waals surface area contributed by atoms with Gasteiger partial charge in [0.15, 0.2) is 0 Å². The van der Waals surface area contributed by atoms with E-state index in [2.05, 4.69) is 34.9 Å². The third-order valence-electron chi connectivity index (χ3n) is 7.32. The molecule has 0 saturated heterocycles. The number of carboxylic acid groups (broad SMARTS) is 1. The van der Waals surface area contributed by atoms with Gasteiger partial charge >= 0.3 is 12.1 Å². The van der Waals surface area contributed by atoms with Crippen LogP contribution in [0.5, 0.6) is 0 Å². The minimum Gasteiger partial charge on any atom is -0.481 e. The Labute approximate surface area is 206 Å². The SMILES string of the molecule is CC(CCNC(=O)C[C@H]1CCCC[C@H]1NC(=O)OCC1c2ccccc2-c2ccccc21)C(=O)O. The standard InChI is InChI=1S/C28H34N2O5/c1-18(27(32)33)14-15-29-26(31)16-19-8-2-7-13-25(19)30-28(34)35-17-24-22-11-5-3-9-20(22)21-10-4-6-12-23(21)24/h3-6,9-12,18-19,24-25H,2,7-8,13-17H2,1H3,(H,29,31)(H,30,34)(H,32,33)/t18?,19-,25-/m1/s1. The highest BCUT2D eigenvalue weighted by Gasteiger charge is 2.31. The Hall–Kier alpha value is -3.35. The number of carbonyl (C=O) groups is 3. The second-order valence-corrected chi connectivity index (χ2v) is 9.70. The number of hydrogen-bond acceptors (Lipinski definition) is 4. The maximum Gasteiger partial charge on any atom is 0.407 e. The van der Waals surface area contributed by atoms with Crippen molar-refractivity contribution < 1.29 is 24.2 Å². The molecule has 1 unspecified atom stereocenters. The summed E-state index contributed by atoms with van der Waals surface area (Å²) in [6.45, 7) is 2.23. The number of fused-ring (bicyclic) bond motifs is 3. The molecule has 0 bridgehead atoms. The van der Waals surface area contributed by atoms with Gasteiger partial charge in [-0.2, -0.15) is 0 Å². The molecule has 3 atom stereocenters. The molecule has 0 aromatic heterocycles. The molecule has 1 fully saturated rings. The van der Waals surface area contributed by atoms with Crippen molar-refractivity contribution in [2.45, 2.75) is 57.4 Å². The number of amides is 2. The normalized spacial score (nSPS) is 19.8. The number of ether oxygens (including phenoxy) is 1. The van der Waals surface area contributed by atoms with Crippen LogP contribution < -0.4 is 10.6 Å². The van der Waals surface area contributed by atoms with Crippen LogP contribution in [-0.4, -0.2) is 42.3 Å². The van der Waals surface area contributed by atoms with Gasteiger partial charge in [0.05, 0.1) is 5.92 Å². The van der Waals surface area contributed by atoms with Crippen LogP contribution in [0.1, 0.15) is 62.5 Å². The fraction of sp³-hybridized carbons (Fsp3) is 0.464. The molecule has 2 amide bonds. The Balaban J connectivity index is 1.29. The number of hydrogen-bond donors (Lipinski definition) is 3. The highest BCUT2D eigenvalue weighted by molar-refractivity contribution is 5.79. The first-order valence-corrected chi connectivity index (χ1v) is 12.5. The molecular weight excluding hydrogens is 444 g/mol. The number of benzene rings is 2. The van der Waals surface area contributed by atoms with Crippen molar-refractivity contribution >= 4 is 18.0 Å². The monoisotopic (exact) mass is 478 g/mol. The van der Waals surface area contributed by atoms with Crippen molar-refractivity contribution in [2.75, 3.05) is 13.2 Å². The first-order valence-electron chi connectivity index (χ1n) is 12.5. The van der Waals surface area contributed by atoms with Gasteiger partial charge in [-0.1, -0.05) is 68.3 Å². The van der Waals surface area contributed by atoms with Crippen molar-refractivity contribution in [3.8, 4) is 11.1 Å². The average molecular weight is 479 g/mol. The number of alkyl carbamates (subject to hydrolysis) is 1. The largest absolute Gasteiger partial charge is 0.481 e. The van der Waals surface area contributed by atoms with Crippen LogP contribution in [0.15, 0.2) is 48.5 Å². The molecule has 7 nitrogen and oxygen atoms in total. The molecule has 0 spiro atoms. The maximum absolute atomic E-state index is 12.7. The van der Waals surface area contributed by atoms with Crippen molar-refractivity contribution in [3.05, 3.63) is 59.7 Å². The van der Waals surface area contributed by atoms with Gasteiger partial charge in [-0.3, -0.25) is 9.59 Å². The highest BCUT2D eigenvalue weighted by atomic mass is 16.5. The number of nitrogens with one attached hydrogen (secondary N) is 2. The number of rotatable bonds is 9. The molecular formula is C28H34N2O5. The minimum absolute atomic E-state index is 0.00859. The molecule has 2 aliphatic carbocycles. The van der Waals surface area contributed by atoms with E-state index in [1.165, 1.54) is 22.3 Å². The molecule has 4 rings (SSSR count). The van der Waals surface area contributed by atoms with Gasteiger partial charge < -0.3 is 20.5 Å². The van der Waals surface area contributed by atoms with E-state index in [0.29, 0.717) is 19.4 Å². The van der Waals surface area contributed by atoms with Gasteiger partial charge in [0, 0.05) is 24.9 Å². The zero-order valence-corrected chi connectivity index (χ0v) is 20.2. The number of carbonyl (C=O) groups excluding carboxylic acids is 2. The van der Waals surface area contributed by atoms with E-state index in [9.17, 15) is 14.4 Å². The Morgan fingerprint density at radius 2 is 1.63 bits per heavy atom. The van der Waals surface area contributed by atoms with E-state index in [1.807, 2.05) is 24.3 Å². The topological polar surface area (TPSA) is 105 Å². The third-order valence-corrected chi connectivity index (χ3v) is 7.32. The zero-order chi connectivity index (χ0) is 24.8. The second kappa shape index (κ2) is 11.4. The van der Waals surface area contributed by atoms with E-state index >= 15 is 0 Å². The van der Waals surface area contributed by atoms with Gasteiger partial charge in [0.1, 0.15) is 6.61 Å². The molecule has 0 heterocycles. The summed E-state index contributed by atoms with van der Waals surface area (Å²) in [6.07, 6.45) is 3.98. The van der Waals surface area contributed by atoms with Gasteiger partial charge in [0.25, 0.3) is 0 Å². The van der Waals surface area contributed by atoms with Crippen LogP contribution in [0, 0.1) is 11.8 Å². The van der Waals surface area contributed by atoms with Crippen molar-refractivity contribution in [2.24, 2.45) is 11.8 Å². The minimum atomic E-state index is -0.862. The van der Waals surface area contributed by atoms with Gasteiger partial charge in [-0.05, 0) is 47.4 Å². The molecule has 1 saturated carbocycles. The van der Waals surface area contributed by atoms with Crippen LogP contribution >= 0.6 is 0 Å². The predicted molar refractivity (Wildman–Crippen MR) is 133 cm³/mol. The molecule has 186 valence electrons. The van der Waals surface area contributed by atoms with Crippen molar-refractivity contribution in [3.63, 3.8) is 0 Å². The van der Waals surface area contributed by atoms with Gasteiger partial charge in [-0.15, -0.1) is 0 Å². The lowest BCUT2D eigenvalue weighted by Crippen LogP contribution is -2.44. The lowest BCUT2D eigenvalue weighted by molar-refractivity contribution is -0.141. The first-order chi connectivity index (χ1) is 16.9. The lowest BCUT2D eigenvalue weighted by atomic mass is 9.82. The first kappa shape index (κ1) is 24.8. The van der Waals surface area contributed by atoms with E-state index < -0.39 is 18.0 Å². The van der Waals surface area contributed by atoms with E-state index in [1.54, 1.807) is 6.92 Å². The smallest absolute Gasteiger partial charge is 0.407 e. The van der Waals surface area contributed by atoms with Crippen LogP contribution in [0.3, 0.4) is 0 Å². The van der Waals surface area contributed by atoms with Crippen LogP contribution in [-0.2, 0) is 14.3 Å². The quantitative estimate of drug-likeness (QED) is 0.485. The molecule has 3 N–H and O–H groups in total. The maximum atomic E-state index is 12.7. The summed E-state index contributed by atoms with van der Waals surface area (Å²) >= 11 is 0. The van der Waals surface area contributed by atoms with Crippen LogP contribution in [0.25, 0.3) is 11.1 Å². The Morgan fingerprint density at radius 1 is 1.00 bits per heavy atom. The average Bonchev–Trinajstić information content (AvgIpc) is 3.17. The summed E-state index contributed by atoms with van der Waals surface area (Å²) < 4.78 is 5.70. The molecule has 35 heavy (non-hydrogen) atoms. The summed E-state index contributed by atoms with van der Waals surface area (Å²) in [6, 6.07) is 16.4. The highest BCUT2D eigenvalue weighted by Crippen LogP contribution is 2.44. The van der Waals surface area contributed by atoms with Gasteiger partial charge in [-0.25, -0.2) is 4.79 Å². The Morgan fingerprint density at radius 3 is 2.29 bits per heavy atom. The molecule has 0 aliphatic heterocycles. The second-order valence-electron chi connectivity index (χ2n) is 9.70. The van der Waals surface area contributed by atoms with Crippen molar-refractivity contribution in [1.82, 2.24) is 10.6 Å². The van der Waals surface area contributed by atoms with Crippen molar-refractivity contribution in [1.29, 1.82) is 0 Å².